The normalized spacial score (nSPS) is 12.4. The van der Waals surface area contributed by atoms with E-state index in [1.807, 2.05) is 48.5 Å². The number of hydrogen-bond acceptors (Lipinski definition) is 2. The first-order chi connectivity index (χ1) is 13.1. The second-order valence-electron chi connectivity index (χ2n) is 6.47. The molecule has 1 heterocycles. The highest BCUT2D eigenvalue weighted by Crippen LogP contribution is 2.27. The van der Waals surface area contributed by atoms with Crippen molar-refractivity contribution < 1.29 is 5.11 Å². The molecule has 4 rings (SSSR count). The number of benzene rings is 3. The molecular formula is C22H18BrClN2O. The molecule has 0 aliphatic heterocycles. The predicted molar refractivity (Wildman–Crippen MR) is 113 cm³/mol. The van der Waals surface area contributed by atoms with Gasteiger partial charge in [0, 0.05) is 22.5 Å². The van der Waals surface area contributed by atoms with Gasteiger partial charge in [-0.1, -0.05) is 70.0 Å². The van der Waals surface area contributed by atoms with Crippen LogP contribution in [-0.2, 0) is 13.0 Å². The van der Waals surface area contributed by atoms with Crippen LogP contribution in [0.3, 0.4) is 0 Å². The number of halogens is 2. The zero-order valence-corrected chi connectivity index (χ0v) is 16.9. The minimum absolute atomic E-state index is 0.398. The summed E-state index contributed by atoms with van der Waals surface area (Å²) < 4.78 is 3.22. The fraction of sp³-hybridized carbons (Fsp3) is 0.136. The Labute approximate surface area is 171 Å². The molecule has 1 N–H and O–H groups in total. The van der Waals surface area contributed by atoms with Gasteiger partial charge in [-0.25, -0.2) is 4.98 Å². The quantitative estimate of drug-likeness (QED) is 0.426. The SMILES string of the molecule is O[C@H](Cc1nc2ccccc2n1Cc1ccc(Br)cc1)c1ccccc1Cl. The third kappa shape index (κ3) is 3.93. The number of rotatable bonds is 5. The maximum atomic E-state index is 10.8. The first kappa shape index (κ1) is 18.2. The Morgan fingerprint density at radius 3 is 2.44 bits per heavy atom. The van der Waals surface area contributed by atoms with Crippen LogP contribution in [0.15, 0.2) is 77.3 Å². The van der Waals surface area contributed by atoms with E-state index in [-0.39, 0.29) is 0 Å². The summed E-state index contributed by atoms with van der Waals surface area (Å²) in [6.45, 7) is 0.693. The molecule has 4 aromatic rings. The average Bonchev–Trinajstić information content (AvgIpc) is 3.01. The maximum Gasteiger partial charge on any atom is 0.113 e. The molecule has 0 unspecified atom stereocenters. The van der Waals surface area contributed by atoms with Crippen molar-refractivity contribution in [3.8, 4) is 0 Å². The molecule has 0 fully saturated rings. The van der Waals surface area contributed by atoms with Crippen LogP contribution in [0.25, 0.3) is 11.0 Å². The Morgan fingerprint density at radius 2 is 1.67 bits per heavy atom. The molecule has 0 saturated heterocycles. The highest BCUT2D eigenvalue weighted by atomic mass is 79.9. The third-order valence-corrected chi connectivity index (χ3v) is 5.50. The molecule has 3 nitrogen and oxygen atoms in total. The van der Waals surface area contributed by atoms with Crippen LogP contribution in [0.2, 0.25) is 5.02 Å². The van der Waals surface area contributed by atoms with Crippen molar-refractivity contribution in [2.45, 2.75) is 19.1 Å². The van der Waals surface area contributed by atoms with E-state index in [1.54, 1.807) is 6.07 Å². The summed E-state index contributed by atoms with van der Waals surface area (Å²) in [4.78, 5) is 4.77. The van der Waals surface area contributed by atoms with Crippen molar-refractivity contribution in [2.75, 3.05) is 0 Å². The molecule has 27 heavy (non-hydrogen) atoms. The lowest BCUT2D eigenvalue weighted by Gasteiger charge is -2.14. The Balaban J connectivity index is 1.71. The topological polar surface area (TPSA) is 38.1 Å². The molecule has 1 atom stereocenters. The largest absolute Gasteiger partial charge is 0.388 e. The van der Waals surface area contributed by atoms with Gasteiger partial charge in [0.05, 0.1) is 17.1 Å². The summed E-state index contributed by atoms with van der Waals surface area (Å²) in [5.74, 6) is 0.839. The van der Waals surface area contributed by atoms with E-state index in [4.69, 9.17) is 16.6 Å². The van der Waals surface area contributed by atoms with Crippen molar-refractivity contribution >= 4 is 38.6 Å². The van der Waals surface area contributed by atoms with E-state index in [9.17, 15) is 5.11 Å². The minimum Gasteiger partial charge on any atom is -0.388 e. The van der Waals surface area contributed by atoms with Crippen LogP contribution >= 0.6 is 27.5 Å². The summed E-state index contributed by atoms with van der Waals surface area (Å²) >= 11 is 9.74. The van der Waals surface area contributed by atoms with Crippen molar-refractivity contribution in [3.05, 3.63) is 99.2 Å². The lowest BCUT2D eigenvalue weighted by molar-refractivity contribution is 0.175. The second kappa shape index (κ2) is 7.85. The first-order valence-corrected chi connectivity index (χ1v) is 9.90. The standard InChI is InChI=1S/C22H18BrClN2O/c23-16-11-9-15(10-12-16)14-26-20-8-4-3-7-19(20)25-22(26)13-21(27)17-5-1-2-6-18(17)24/h1-12,21,27H,13-14H2/t21-/m1/s1. The first-order valence-electron chi connectivity index (χ1n) is 8.73. The molecule has 0 radical (unpaired) electrons. The maximum absolute atomic E-state index is 10.8. The van der Waals surface area contributed by atoms with Crippen LogP contribution in [-0.4, -0.2) is 14.7 Å². The molecular weight excluding hydrogens is 424 g/mol. The van der Waals surface area contributed by atoms with Crippen LogP contribution in [0.4, 0.5) is 0 Å². The fourth-order valence-corrected chi connectivity index (χ4v) is 3.78. The molecule has 0 saturated carbocycles. The minimum atomic E-state index is -0.709. The highest BCUT2D eigenvalue weighted by molar-refractivity contribution is 9.10. The van der Waals surface area contributed by atoms with Gasteiger partial charge in [0.1, 0.15) is 5.82 Å². The molecule has 136 valence electrons. The van der Waals surface area contributed by atoms with E-state index in [2.05, 4.69) is 38.7 Å². The van der Waals surface area contributed by atoms with Gasteiger partial charge in [0.25, 0.3) is 0 Å². The van der Waals surface area contributed by atoms with Gasteiger partial charge >= 0.3 is 0 Å². The zero-order chi connectivity index (χ0) is 18.8. The number of hydrogen-bond donors (Lipinski definition) is 1. The van der Waals surface area contributed by atoms with E-state index >= 15 is 0 Å². The van der Waals surface area contributed by atoms with Gasteiger partial charge in [-0.3, -0.25) is 0 Å². The summed E-state index contributed by atoms with van der Waals surface area (Å²) in [6.07, 6.45) is -0.311. The van der Waals surface area contributed by atoms with Crippen molar-refractivity contribution in [3.63, 3.8) is 0 Å². The van der Waals surface area contributed by atoms with Gasteiger partial charge < -0.3 is 9.67 Å². The molecule has 0 amide bonds. The van der Waals surface area contributed by atoms with Crippen LogP contribution in [0.5, 0.6) is 0 Å². The number of aliphatic hydroxyl groups is 1. The highest BCUT2D eigenvalue weighted by Gasteiger charge is 2.18. The van der Waals surface area contributed by atoms with Gasteiger partial charge in [0.2, 0.25) is 0 Å². The van der Waals surface area contributed by atoms with Gasteiger partial charge in [0.15, 0.2) is 0 Å². The van der Waals surface area contributed by atoms with Crippen molar-refractivity contribution in [1.29, 1.82) is 0 Å². The molecule has 5 heteroatoms. The molecule has 0 aliphatic rings. The third-order valence-electron chi connectivity index (χ3n) is 4.63. The van der Waals surface area contributed by atoms with Gasteiger partial charge in [-0.15, -0.1) is 0 Å². The van der Waals surface area contributed by atoms with E-state index < -0.39 is 6.10 Å². The Kier molecular flexibility index (Phi) is 5.30. The summed E-state index contributed by atoms with van der Waals surface area (Å²) in [6, 6.07) is 23.7. The molecule has 0 spiro atoms. The molecule has 0 aliphatic carbocycles. The molecule has 3 aromatic carbocycles. The summed E-state index contributed by atoms with van der Waals surface area (Å²) in [5.41, 5.74) is 3.88. The second-order valence-corrected chi connectivity index (χ2v) is 7.79. The van der Waals surface area contributed by atoms with Crippen LogP contribution in [0, 0.1) is 0 Å². The number of fused-ring (bicyclic) bond motifs is 1. The van der Waals surface area contributed by atoms with E-state index in [1.165, 1.54) is 5.56 Å². The molecule has 1 aromatic heterocycles. The summed E-state index contributed by atoms with van der Waals surface area (Å²) in [5, 5.41) is 11.3. The predicted octanol–water partition coefficient (Wildman–Crippen LogP) is 5.78. The van der Waals surface area contributed by atoms with Crippen molar-refractivity contribution in [2.24, 2.45) is 0 Å². The zero-order valence-electron chi connectivity index (χ0n) is 14.5. The average molecular weight is 442 g/mol. The smallest absolute Gasteiger partial charge is 0.113 e. The Morgan fingerprint density at radius 1 is 0.963 bits per heavy atom. The lowest BCUT2D eigenvalue weighted by Crippen LogP contribution is -2.10. The number of imidazole rings is 1. The Bertz CT molecular complexity index is 1080. The van der Waals surface area contributed by atoms with E-state index in [0.29, 0.717) is 18.0 Å². The fourth-order valence-electron chi connectivity index (χ4n) is 3.26. The van der Waals surface area contributed by atoms with Crippen LogP contribution in [0.1, 0.15) is 23.1 Å². The number of nitrogens with zero attached hydrogens (tertiary/aromatic N) is 2. The summed E-state index contributed by atoms with van der Waals surface area (Å²) in [7, 11) is 0. The van der Waals surface area contributed by atoms with Gasteiger partial charge in [-0.05, 0) is 41.5 Å². The Hall–Kier alpha value is -2.14. The van der Waals surface area contributed by atoms with Gasteiger partial charge in [-0.2, -0.15) is 0 Å². The number of para-hydroxylation sites is 2. The number of aromatic nitrogens is 2. The number of aliphatic hydroxyl groups excluding tert-OH is 1. The van der Waals surface area contributed by atoms with Crippen molar-refractivity contribution in [1.82, 2.24) is 9.55 Å². The van der Waals surface area contributed by atoms with E-state index in [0.717, 1.165) is 26.9 Å². The monoisotopic (exact) mass is 440 g/mol. The molecule has 0 bridgehead atoms. The van der Waals surface area contributed by atoms with Crippen LogP contribution < -0.4 is 0 Å². The lowest BCUT2D eigenvalue weighted by atomic mass is 10.1.